The van der Waals surface area contributed by atoms with Gasteiger partial charge in [0.1, 0.15) is 5.82 Å². The van der Waals surface area contributed by atoms with Gasteiger partial charge in [0.2, 0.25) is 5.91 Å². The van der Waals surface area contributed by atoms with E-state index in [0.717, 1.165) is 43.5 Å². The summed E-state index contributed by atoms with van der Waals surface area (Å²) in [5, 5.41) is 3.53. The third-order valence-electron chi connectivity index (χ3n) is 7.17. The van der Waals surface area contributed by atoms with Crippen LogP contribution in [0.4, 0.5) is 0 Å². The molecular weight excluding hydrogens is 454 g/mol. The Hall–Kier alpha value is -3.52. The SMILES string of the molecule is O=C(CN1CCN(C(=O)c2ccc3c(=O)n4c(nc3c2)CCCCCC4)CC1)NCc1ccccc1. The number of hydrogen-bond acceptors (Lipinski definition) is 5. The van der Waals surface area contributed by atoms with Gasteiger partial charge in [-0.25, -0.2) is 4.98 Å². The maximum atomic E-state index is 13.2. The van der Waals surface area contributed by atoms with E-state index in [1.54, 1.807) is 18.2 Å². The maximum Gasteiger partial charge on any atom is 0.261 e. The molecule has 8 heteroatoms. The fraction of sp³-hybridized carbons (Fsp3) is 0.429. The van der Waals surface area contributed by atoms with Crippen molar-refractivity contribution < 1.29 is 9.59 Å². The Balaban J connectivity index is 1.20. The number of carbonyl (C=O) groups excluding carboxylic acids is 2. The molecule has 8 nitrogen and oxygen atoms in total. The zero-order chi connectivity index (χ0) is 24.9. The molecule has 1 N–H and O–H groups in total. The molecule has 2 aliphatic rings. The Morgan fingerprint density at radius 2 is 1.67 bits per heavy atom. The number of fused-ring (bicyclic) bond motifs is 2. The lowest BCUT2D eigenvalue weighted by atomic mass is 10.1. The molecule has 0 unspecified atom stereocenters. The molecule has 0 atom stereocenters. The Morgan fingerprint density at radius 1 is 0.889 bits per heavy atom. The number of nitrogens with zero attached hydrogens (tertiary/aromatic N) is 4. The number of piperazine rings is 1. The van der Waals surface area contributed by atoms with E-state index in [4.69, 9.17) is 4.98 Å². The monoisotopic (exact) mass is 487 g/mol. The third-order valence-corrected chi connectivity index (χ3v) is 7.17. The lowest BCUT2D eigenvalue weighted by Crippen LogP contribution is -2.51. The zero-order valence-corrected chi connectivity index (χ0v) is 20.6. The summed E-state index contributed by atoms with van der Waals surface area (Å²) in [6.45, 7) is 3.96. The first-order valence-electron chi connectivity index (χ1n) is 12.9. The van der Waals surface area contributed by atoms with Gasteiger partial charge in [-0.3, -0.25) is 23.9 Å². The predicted molar refractivity (Wildman–Crippen MR) is 139 cm³/mol. The molecule has 0 spiro atoms. The van der Waals surface area contributed by atoms with Gasteiger partial charge in [0.05, 0.1) is 17.4 Å². The Morgan fingerprint density at radius 3 is 2.47 bits per heavy atom. The van der Waals surface area contributed by atoms with Gasteiger partial charge in [-0.1, -0.05) is 43.2 Å². The molecule has 0 radical (unpaired) electrons. The molecule has 1 fully saturated rings. The minimum Gasteiger partial charge on any atom is -0.351 e. The molecule has 188 valence electrons. The molecule has 3 aromatic rings. The highest BCUT2D eigenvalue weighted by Gasteiger charge is 2.24. The van der Waals surface area contributed by atoms with Gasteiger partial charge in [0.15, 0.2) is 0 Å². The summed E-state index contributed by atoms with van der Waals surface area (Å²) in [7, 11) is 0. The number of aromatic nitrogens is 2. The molecule has 0 aliphatic carbocycles. The first-order chi connectivity index (χ1) is 17.6. The minimum atomic E-state index is -0.0567. The summed E-state index contributed by atoms with van der Waals surface area (Å²) in [6, 6.07) is 15.1. The first kappa shape index (κ1) is 24.2. The standard InChI is InChI=1S/C28H33N5O3/c34-26(29-19-21-8-4-3-5-9-21)20-31-14-16-32(17-15-31)27(35)22-11-12-23-24(18-22)30-25-10-6-1-2-7-13-33(25)28(23)36/h3-5,8-9,11-12,18H,1-2,6-7,10,13-17,19-20H2,(H,29,34). The number of hydrogen-bond donors (Lipinski definition) is 1. The lowest BCUT2D eigenvalue weighted by molar-refractivity contribution is -0.122. The van der Waals surface area contributed by atoms with Crippen molar-refractivity contribution in [3.63, 3.8) is 0 Å². The molecule has 2 aliphatic heterocycles. The second-order valence-electron chi connectivity index (χ2n) is 9.71. The average Bonchev–Trinajstić information content (AvgIpc) is 2.89. The van der Waals surface area contributed by atoms with E-state index >= 15 is 0 Å². The summed E-state index contributed by atoms with van der Waals surface area (Å²) in [6.07, 6.45) is 5.13. The summed E-state index contributed by atoms with van der Waals surface area (Å²) < 4.78 is 1.82. The highest BCUT2D eigenvalue weighted by Crippen LogP contribution is 2.18. The normalized spacial score (nSPS) is 16.7. The number of rotatable bonds is 5. The zero-order valence-electron chi connectivity index (χ0n) is 20.6. The minimum absolute atomic E-state index is 0.00458. The van der Waals surface area contributed by atoms with E-state index in [1.165, 1.54) is 0 Å². The molecule has 1 aromatic heterocycles. The van der Waals surface area contributed by atoms with Crippen LogP contribution in [0.15, 0.2) is 53.3 Å². The predicted octanol–water partition coefficient (Wildman–Crippen LogP) is 2.59. The molecule has 3 heterocycles. The molecule has 0 bridgehead atoms. The molecule has 2 aromatic carbocycles. The smallest absolute Gasteiger partial charge is 0.261 e. The second-order valence-corrected chi connectivity index (χ2v) is 9.71. The summed E-state index contributed by atoms with van der Waals surface area (Å²) >= 11 is 0. The van der Waals surface area contributed by atoms with E-state index in [2.05, 4.69) is 10.2 Å². The Labute approximate surface area is 210 Å². The van der Waals surface area contributed by atoms with Crippen LogP contribution in [0, 0.1) is 0 Å². The quantitative estimate of drug-likeness (QED) is 0.598. The van der Waals surface area contributed by atoms with E-state index < -0.39 is 0 Å². The van der Waals surface area contributed by atoms with Crippen molar-refractivity contribution in [1.82, 2.24) is 24.7 Å². The largest absolute Gasteiger partial charge is 0.351 e. The Kier molecular flexibility index (Phi) is 7.41. The van der Waals surface area contributed by atoms with Crippen molar-refractivity contribution in [3.05, 3.63) is 75.8 Å². The fourth-order valence-corrected chi connectivity index (χ4v) is 5.08. The fourth-order valence-electron chi connectivity index (χ4n) is 5.08. The van der Waals surface area contributed by atoms with Crippen LogP contribution in [0.25, 0.3) is 10.9 Å². The Bertz CT molecular complexity index is 1300. The first-order valence-corrected chi connectivity index (χ1v) is 12.9. The van der Waals surface area contributed by atoms with Crippen molar-refractivity contribution in [1.29, 1.82) is 0 Å². The number of amides is 2. The lowest BCUT2D eigenvalue weighted by Gasteiger charge is -2.34. The highest BCUT2D eigenvalue weighted by atomic mass is 16.2. The number of aryl methyl sites for hydroxylation is 1. The number of nitrogens with one attached hydrogen (secondary N) is 1. The third kappa shape index (κ3) is 5.49. The molecule has 2 amide bonds. The summed E-state index contributed by atoms with van der Waals surface area (Å²) in [4.78, 5) is 47.3. The van der Waals surface area contributed by atoms with Crippen molar-refractivity contribution in [2.75, 3.05) is 32.7 Å². The van der Waals surface area contributed by atoms with Crippen LogP contribution in [0.5, 0.6) is 0 Å². The van der Waals surface area contributed by atoms with Crippen molar-refractivity contribution >= 4 is 22.7 Å². The summed E-state index contributed by atoms with van der Waals surface area (Å²) in [5.74, 6) is 0.759. The van der Waals surface area contributed by atoms with Crippen LogP contribution in [-0.2, 0) is 24.3 Å². The van der Waals surface area contributed by atoms with E-state index in [9.17, 15) is 14.4 Å². The van der Waals surface area contributed by atoms with Crippen molar-refractivity contribution in [2.45, 2.75) is 45.2 Å². The van der Waals surface area contributed by atoms with Gasteiger partial charge >= 0.3 is 0 Å². The van der Waals surface area contributed by atoms with Crippen LogP contribution >= 0.6 is 0 Å². The van der Waals surface area contributed by atoms with Gasteiger partial charge < -0.3 is 10.2 Å². The molecule has 1 saturated heterocycles. The average molecular weight is 488 g/mol. The molecule has 5 rings (SSSR count). The van der Waals surface area contributed by atoms with Crippen LogP contribution in [0.2, 0.25) is 0 Å². The van der Waals surface area contributed by atoms with Crippen LogP contribution in [-0.4, -0.2) is 63.9 Å². The molecule has 0 saturated carbocycles. The van der Waals surface area contributed by atoms with Gasteiger partial charge in [-0.05, 0) is 36.6 Å². The van der Waals surface area contributed by atoms with Crippen LogP contribution < -0.4 is 10.9 Å². The van der Waals surface area contributed by atoms with E-state index in [-0.39, 0.29) is 17.4 Å². The van der Waals surface area contributed by atoms with Crippen molar-refractivity contribution in [3.8, 4) is 0 Å². The second kappa shape index (κ2) is 11.0. The van der Waals surface area contributed by atoms with Crippen molar-refractivity contribution in [2.24, 2.45) is 0 Å². The van der Waals surface area contributed by atoms with E-state index in [0.29, 0.717) is 62.3 Å². The van der Waals surface area contributed by atoms with Crippen LogP contribution in [0.3, 0.4) is 0 Å². The molecular formula is C28H33N5O3. The van der Waals surface area contributed by atoms with Gasteiger partial charge in [0, 0.05) is 51.3 Å². The topological polar surface area (TPSA) is 87.5 Å². The van der Waals surface area contributed by atoms with Gasteiger partial charge in [0.25, 0.3) is 11.5 Å². The highest BCUT2D eigenvalue weighted by molar-refractivity contribution is 5.97. The number of benzene rings is 2. The van der Waals surface area contributed by atoms with E-state index in [1.807, 2.05) is 39.8 Å². The van der Waals surface area contributed by atoms with Gasteiger partial charge in [-0.15, -0.1) is 0 Å². The molecule has 36 heavy (non-hydrogen) atoms. The van der Waals surface area contributed by atoms with Gasteiger partial charge in [-0.2, -0.15) is 0 Å². The maximum absolute atomic E-state index is 13.2. The summed E-state index contributed by atoms with van der Waals surface area (Å²) in [5.41, 5.74) is 2.22. The van der Waals surface area contributed by atoms with Crippen LogP contribution in [0.1, 0.15) is 47.4 Å². The number of carbonyl (C=O) groups is 2.